The van der Waals surface area contributed by atoms with Gasteiger partial charge in [-0.2, -0.15) is 0 Å². The number of esters is 1. The molecule has 0 aromatic rings. The zero-order valence-electron chi connectivity index (χ0n) is 14.2. The van der Waals surface area contributed by atoms with Crippen molar-refractivity contribution in [3.63, 3.8) is 0 Å². The lowest BCUT2D eigenvalue weighted by Gasteiger charge is -2.23. The zero-order valence-corrected chi connectivity index (χ0v) is 14.2. The highest BCUT2D eigenvalue weighted by atomic mass is 16.5. The lowest BCUT2D eigenvalue weighted by Crippen LogP contribution is -2.51. The van der Waals surface area contributed by atoms with Crippen LogP contribution in [0.1, 0.15) is 40.5 Å². The van der Waals surface area contributed by atoms with Gasteiger partial charge in [-0.3, -0.25) is 14.4 Å². The van der Waals surface area contributed by atoms with Gasteiger partial charge in [0.1, 0.15) is 12.1 Å². The largest absolute Gasteiger partial charge is 0.451 e. The van der Waals surface area contributed by atoms with Crippen LogP contribution in [0.4, 0.5) is 0 Å². The standard InChI is InChI=1S/C15H29N3O5/c1-8(2)5-10(16)15(22)23-12(6-9(3)4)14(21)18-11(7-19)13(17)20/h8-12,19H,5-7,16H2,1-4H3,(H2,17,20)(H,18,21). The molecule has 134 valence electrons. The summed E-state index contributed by atoms with van der Waals surface area (Å²) in [5, 5.41) is 11.3. The fraction of sp³-hybridized carbons (Fsp3) is 0.800. The lowest BCUT2D eigenvalue weighted by atomic mass is 10.0. The van der Waals surface area contributed by atoms with E-state index in [2.05, 4.69) is 5.32 Å². The third-order valence-corrected chi connectivity index (χ3v) is 3.11. The quantitative estimate of drug-likeness (QED) is 0.389. The van der Waals surface area contributed by atoms with Crippen molar-refractivity contribution in [2.45, 2.75) is 58.7 Å². The van der Waals surface area contributed by atoms with Crippen LogP contribution in [0, 0.1) is 11.8 Å². The predicted molar refractivity (Wildman–Crippen MR) is 85.0 cm³/mol. The van der Waals surface area contributed by atoms with E-state index in [1.807, 2.05) is 27.7 Å². The van der Waals surface area contributed by atoms with Crippen molar-refractivity contribution >= 4 is 17.8 Å². The van der Waals surface area contributed by atoms with Gasteiger partial charge in [0.05, 0.1) is 6.61 Å². The van der Waals surface area contributed by atoms with Crippen LogP contribution in [0.3, 0.4) is 0 Å². The second-order valence-corrected chi connectivity index (χ2v) is 6.44. The summed E-state index contributed by atoms with van der Waals surface area (Å²) in [6.45, 7) is 6.93. The molecule has 0 aliphatic heterocycles. The highest BCUT2D eigenvalue weighted by Crippen LogP contribution is 2.12. The summed E-state index contributed by atoms with van der Waals surface area (Å²) in [6, 6.07) is -2.04. The highest BCUT2D eigenvalue weighted by Gasteiger charge is 2.29. The van der Waals surface area contributed by atoms with Crippen LogP contribution in [0.2, 0.25) is 0 Å². The molecule has 0 aliphatic rings. The molecule has 3 unspecified atom stereocenters. The Morgan fingerprint density at radius 2 is 1.61 bits per heavy atom. The van der Waals surface area contributed by atoms with Crippen molar-refractivity contribution in [2.24, 2.45) is 23.3 Å². The molecule has 0 aromatic heterocycles. The number of aliphatic hydroxyl groups is 1. The van der Waals surface area contributed by atoms with Crippen LogP contribution < -0.4 is 16.8 Å². The SMILES string of the molecule is CC(C)CC(N)C(=O)OC(CC(C)C)C(=O)NC(CO)C(N)=O. The average molecular weight is 331 g/mol. The van der Waals surface area contributed by atoms with Gasteiger partial charge in [0.15, 0.2) is 6.10 Å². The Balaban J connectivity index is 4.89. The molecule has 8 heteroatoms. The van der Waals surface area contributed by atoms with E-state index in [-0.39, 0.29) is 18.3 Å². The molecule has 0 saturated carbocycles. The molecule has 0 rings (SSSR count). The summed E-state index contributed by atoms with van der Waals surface area (Å²) in [5.74, 6) is -1.93. The van der Waals surface area contributed by atoms with Crippen LogP contribution in [0.25, 0.3) is 0 Å². The van der Waals surface area contributed by atoms with Gasteiger partial charge in [-0.1, -0.05) is 27.7 Å². The number of aliphatic hydroxyl groups excluding tert-OH is 1. The molecule has 8 nitrogen and oxygen atoms in total. The Kier molecular flexibility index (Phi) is 9.43. The maximum atomic E-state index is 12.2. The fourth-order valence-corrected chi connectivity index (χ4v) is 1.94. The maximum Gasteiger partial charge on any atom is 0.323 e. The predicted octanol–water partition coefficient (Wildman–Crippen LogP) is -0.720. The van der Waals surface area contributed by atoms with Crippen molar-refractivity contribution < 1.29 is 24.2 Å². The minimum absolute atomic E-state index is 0.0704. The van der Waals surface area contributed by atoms with Crippen LogP contribution in [-0.4, -0.2) is 47.7 Å². The summed E-state index contributed by atoms with van der Waals surface area (Å²) in [6.07, 6.45) is -0.382. The van der Waals surface area contributed by atoms with Gasteiger partial charge in [0, 0.05) is 0 Å². The highest BCUT2D eigenvalue weighted by molar-refractivity contribution is 5.90. The number of carbonyl (C=O) groups is 3. The molecule has 0 saturated heterocycles. The summed E-state index contributed by atoms with van der Waals surface area (Å²) < 4.78 is 5.20. The molecule has 0 aliphatic carbocycles. The molecule has 0 spiro atoms. The van der Waals surface area contributed by atoms with Gasteiger partial charge in [-0.15, -0.1) is 0 Å². The second-order valence-electron chi connectivity index (χ2n) is 6.44. The number of nitrogens with one attached hydrogen (secondary N) is 1. The smallest absolute Gasteiger partial charge is 0.323 e. The van der Waals surface area contributed by atoms with E-state index >= 15 is 0 Å². The van der Waals surface area contributed by atoms with Gasteiger partial charge in [0.25, 0.3) is 5.91 Å². The van der Waals surface area contributed by atoms with E-state index in [4.69, 9.17) is 21.3 Å². The van der Waals surface area contributed by atoms with Gasteiger partial charge in [0.2, 0.25) is 5.91 Å². The fourth-order valence-electron chi connectivity index (χ4n) is 1.94. The molecule has 0 bridgehead atoms. The number of primary amides is 1. The first-order valence-electron chi connectivity index (χ1n) is 7.75. The van der Waals surface area contributed by atoms with Crippen LogP contribution in [0.15, 0.2) is 0 Å². The number of rotatable bonds is 10. The molecule has 0 fully saturated rings. The van der Waals surface area contributed by atoms with Crippen LogP contribution in [0.5, 0.6) is 0 Å². The number of hydrogen-bond donors (Lipinski definition) is 4. The lowest BCUT2D eigenvalue weighted by molar-refractivity contribution is -0.158. The van der Waals surface area contributed by atoms with Crippen molar-refractivity contribution in [3.8, 4) is 0 Å². The molecular formula is C15H29N3O5. The molecule has 0 aromatic carbocycles. The normalized spacial score (nSPS) is 15.1. The number of nitrogens with two attached hydrogens (primary N) is 2. The number of carbonyl (C=O) groups excluding carboxylic acids is 3. The number of hydrogen-bond acceptors (Lipinski definition) is 6. The Labute approximate surface area is 136 Å². The molecule has 3 atom stereocenters. The van der Waals surface area contributed by atoms with Crippen molar-refractivity contribution in [1.82, 2.24) is 5.32 Å². The Bertz CT molecular complexity index is 412. The number of amides is 2. The Morgan fingerprint density at radius 1 is 1.09 bits per heavy atom. The van der Waals surface area contributed by atoms with E-state index in [0.717, 1.165) is 0 Å². The van der Waals surface area contributed by atoms with Gasteiger partial charge in [-0.05, 0) is 24.7 Å². The van der Waals surface area contributed by atoms with Crippen molar-refractivity contribution in [2.75, 3.05) is 6.61 Å². The minimum atomic E-state index is -1.22. The molecule has 0 radical (unpaired) electrons. The van der Waals surface area contributed by atoms with E-state index in [1.165, 1.54) is 0 Å². The average Bonchev–Trinajstić information content (AvgIpc) is 2.41. The topological polar surface area (TPSA) is 145 Å². The van der Waals surface area contributed by atoms with Crippen molar-refractivity contribution in [1.29, 1.82) is 0 Å². The summed E-state index contributed by atoms with van der Waals surface area (Å²) in [5.41, 5.74) is 10.8. The van der Waals surface area contributed by atoms with E-state index in [9.17, 15) is 14.4 Å². The first-order valence-corrected chi connectivity index (χ1v) is 7.75. The third kappa shape index (κ3) is 8.51. The zero-order chi connectivity index (χ0) is 18.2. The van der Waals surface area contributed by atoms with E-state index in [0.29, 0.717) is 6.42 Å². The maximum absolute atomic E-state index is 12.2. The van der Waals surface area contributed by atoms with E-state index < -0.39 is 42.6 Å². The van der Waals surface area contributed by atoms with Crippen LogP contribution >= 0.6 is 0 Å². The molecule has 2 amide bonds. The molecule has 6 N–H and O–H groups in total. The molecule has 23 heavy (non-hydrogen) atoms. The number of ether oxygens (including phenoxy) is 1. The summed E-state index contributed by atoms with van der Waals surface area (Å²) in [4.78, 5) is 35.3. The van der Waals surface area contributed by atoms with Gasteiger partial charge >= 0.3 is 5.97 Å². The Morgan fingerprint density at radius 3 is 2.00 bits per heavy atom. The Hall–Kier alpha value is -1.67. The van der Waals surface area contributed by atoms with Crippen LogP contribution in [-0.2, 0) is 19.1 Å². The molecule has 0 heterocycles. The third-order valence-electron chi connectivity index (χ3n) is 3.11. The van der Waals surface area contributed by atoms with Gasteiger partial charge < -0.3 is 26.6 Å². The van der Waals surface area contributed by atoms with Gasteiger partial charge in [-0.25, -0.2) is 0 Å². The summed E-state index contributed by atoms with van der Waals surface area (Å²) >= 11 is 0. The van der Waals surface area contributed by atoms with Crippen molar-refractivity contribution in [3.05, 3.63) is 0 Å². The molecular weight excluding hydrogens is 302 g/mol. The first kappa shape index (κ1) is 21.3. The first-order chi connectivity index (χ1) is 10.6. The monoisotopic (exact) mass is 331 g/mol. The minimum Gasteiger partial charge on any atom is -0.451 e. The summed E-state index contributed by atoms with van der Waals surface area (Å²) in [7, 11) is 0. The van der Waals surface area contributed by atoms with E-state index in [1.54, 1.807) is 0 Å². The second kappa shape index (κ2) is 10.2.